The monoisotopic (exact) mass is 310 g/mol. The standard InChI is InChI=1S/C13H19ClN6O/c1-3-19-11(13(14)9(2)18-19)8-20-12(21)6-10(7-17-20)16-5-4-15/h6-7,16H,3-5,8,15H2,1-2H3. The van der Waals surface area contributed by atoms with Crippen LogP contribution in [0.25, 0.3) is 0 Å². The largest absolute Gasteiger partial charge is 0.382 e. The van der Waals surface area contributed by atoms with Crippen LogP contribution in [0, 0.1) is 6.92 Å². The highest BCUT2D eigenvalue weighted by atomic mass is 35.5. The zero-order valence-corrected chi connectivity index (χ0v) is 12.9. The van der Waals surface area contributed by atoms with Gasteiger partial charge in [-0.15, -0.1) is 0 Å². The molecule has 0 saturated heterocycles. The SMILES string of the molecule is CCn1nc(C)c(Cl)c1Cn1ncc(NCCN)cc1=O. The predicted molar refractivity (Wildman–Crippen MR) is 82.8 cm³/mol. The molecule has 21 heavy (non-hydrogen) atoms. The van der Waals surface area contributed by atoms with Gasteiger partial charge in [-0.3, -0.25) is 9.48 Å². The van der Waals surface area contributed by atoms with Crippen molar-refractivity contribution in [2.24, 2.45) is 5.73 Å². The summed E-state index contributed by atoms with van der Waals surface area (Å²) in [5, 5.41) is 12.1. The van der Waals surface area contributed by atoms with Crippen LogP contribution in [0.4, 0.5) is 5.69 Å². The molecule has 0 aliphatic rings. The fraction of sp³-hybridized carbons (Fsp3) is 0.462. The van der Waals surface area contributed by atoms with Crippen molar-refractivity contribution < 1.29 is 0 Å². The second-order valence-corrected chi connectivity index (χ2v) is 5.00. The van der Waals surface area contributed by atoms with Crippen molar-refractivity contribution in [3.05, 3.63) is 39.0 Å². The molecule has 2 heterocycles. The van der Waals surface area contributed by atoms with Crippen LogP contribution in [0.1, 0.15) is 18.3 Å². The Labute approximate surface area is 127 Å². The minimum Gasteiger partial charge on any atom is -0.382 e. The summed E-state index contributed by atoms with van der Waals surface area (Å²) >= 11 is 6.24. The summed E-state index contributed by atoms with van der Waals surface area (Å²) in [5.74, 6) is 0. The fourth-order valence-electron chi connectivity index (χ4n) is 2.03. The first kappa shape index (κ1) is 15.5. The van der Waals surface area contributed by atoms with Gasteiger partial charge in [0, 0.05) is 25.7 Å². The molecule has 0 aromatic carbocycles. The molecule has 7 nitrogen and oxygen atoms in total. The molecule has 0 spiro atoms. The van der Waals surface area contributed by atoms with Gasteiger partial charge in [-0.05, 0) is 13.8 Å². The van der Waals surface area contributed by atoms with Crippen LogP contribution in [0.5, 0.6) is 0 Å². The lowest BCUT2D eigenvalue weighted by atomic mass is 10.3. The summed E-state index contributed by atoms with van der Waals surface area (Å²) < 4.78 is 3.15. The van der Waals surface area contributed by atoms with Gasteiger partial charge in [0.2, 0.25) is 0 Å². The third-order valence-electron chi connectivity index (χ3n) is 3.10. The maximum atomic E-state index is 12.1. The Balaban J connectivity index is 2.26. The van der Waals surface area contributed by atoms with Gasteiger partial charge in [0.25, 0.3) is 5.56 Å². The van der Waals surface area contributed by atoms with Gasteiger partial charge in [0.15, 0.2) is 0 Å². The topological polar surface area (TPSA) is 90.8 Å². The smallest absolute Gasteiger partial charge is 0.269 e. The number of rotatable bonds is 6. The van der Waals surface area contributed by atoms with Gasteiger partial charge in [0.1, 0.15) is 0 Å². The zero-order chi connectivity index (χ0) is 15.4. The molecule has 8 heteroatoms. The summed E-state index contributed by atoms with van der Waals surface area (Å²) in [4.78, 5) is 12.1. The lowest BCUT2D eigenvalue weighted by molar-refractivity contribution is 0.559. The summed E-state index contributed by atoms with van der Waals surface area (Å²) in [6.45, 7) is 5.89. The number of aryl methyl sites for hydroxylation is 2. The lowest BCUT2D eigenvalue weighted by Crippen LogP contribution is -2.25. The Kier molecular flexibility index (Phi) is 4.98. The molecule has 2 aromatic rings. The maximum absolute atomic E-state index is 12.1. The molecule has 0 atom stereocenters. The van der Waals surface area contributed by atoms with Crippen molar-refractivity contribution in [1.82, 2.24) is 19.6 Å². The predicted octanol–water partition coefficient (Wildman–Crippen LogP) is 0.840. The highest BCUT2D eigenvalue weighted by Crippen LogP contribution is 2.20. The van der Waals surface area contributed by atoms with E-state index in [0.29, 0.717) is 36.9 Å². The molecule has 0 fully saturated rings. The number of nitrogens with two attached hydrogens (primary N) is 1. The zero-order valence-electron chi connectivity index (χ0n) is 12.1. The van der Waals surface area contributed by atoms with Crippen LogP contribution in [-0.2, 0) is 13.1 Å². The van der Waals surface area contributed by atoms with Gasteiger partial charge in [-0.1, -0.05) is 11.6 Å². The number of hydrogen-bond acceptors (Lipinski definition) is 5. The summed E-state index contributed by atoms with van der Waals surface area (Å²) in [7, 11) is 0. The molecule has 0 unspecified atom stereocenters. The minimum atomic E-state index is -0.199. The minimum absolute atomic E-state index is 0.199. The molecule has 2 aromatic heterocycles. The van der Waals surface area contributed by atoms with Gasteiger partial charge in [0.05, 0.1) is 34.8 Å². The van der Waals surface area contributed by atoms with E-state index in [1.807, 2.05) is 13.8 Å². The summed E-state index contributed by atoms with van der Waals surface area (Å²) in [6, 6.07) is 1.50. The van der Waals surface area contributed by atoms with Crippen molar-refractivity contribution in [2.45, 2.75) is 26.9 Å². The number of nitrogens with zero attached hydrogens (tertiary/aromatic N) is 4. The molecule has 2 rings (SSSR count). The fourth-order valence-corrected chi connectivity index (χ4v) is 2.22. The summed E-state index contributed by atoms with van der Waals surface area (Å²) in [6.07, 6.45) is 1.60. The highest BCUT2D eigenvalue weighted by molar-refractivity contribution is 6.31. The van der Waals surface area contributed by atoms with Crippen molar-refractivity contribution in [3.8, 4) is 0 Å². The molecule has 114 valence electrons. The number of halogens is 1. The van der Waals surface area contributed by atoms with Gasteiger partial charge < -0.3 is 11.1 Å². The van der Waals surface area contributed by atoms with E-state index in [1.54, 1.807) is 10.9 Å². The Morgan fingerprint density at radius 1 is 1.43 bits per heavy atom. The first-order valence-corrected chi connectivity index (χ1v) is 7.17. The van der Waals surface area contributed by atoms with Crippen LogP contribution < -0.4 is 16.6 Å². The number of aromatic nitrogens is 4. The van der Waals surface area contributed by atoms with Gasteiger partial charge in [-0.2, -0.15) is 10.2 Å². The van der Waals surface area contributed by atoms with Gasteiger partial charge >= 0.3 is 0 Å². The van der Waals surface area contributed by atoms with Crippen molar-refractivity contribution in [1.29, 1.82) is 0 Å². The molecule has 0 saturated carbocycles. The molecule has 0 radical (unpaired) electrons. The quantitative estimate of drug-likeness (QED) is 0.825. The second kappa shape index (κ2) is 6.73. The average Bonchev–Trinajstić information content (AvgIpc) is 2.75. The van der Waals surface area contributed by atoms with Crippen LogP contribution in [-0.4, -0.2) is 32.7 Å². The van der Waals surface area contributed by atoms with Crippen molar-refractivity contribution in [3.63, 3.8) is 0 Å². The number of nitrogens with one attached hydrogen (secondary N) is 1. The highest BCUT2D eigenvalue weighted by Gasteiger charge is 2.14. The summed E-state index contributed by atoms with van der Waals surface area (Å²) in [5.41, 5.74) is 7.41. The first-order valence-electron chi connectivity index (χ1n) is 6.79. The van der Waals surface area contributed by atoms with Crippen molar-refractivity contribution >= 4 is 17.3 Å². The lowest BCUT2D eigenvalue weighted by Gasteiger charge is -2.09. The van der Waals surface area contributed by atoms with Crippen LogP contribution >= 0.6 is 11.6 Å². The van der Waals surface area contributed by atoms with Crippen LogP contribution in [0.3, 0.4) is 0 Å². The Bertz CT molecular complexity index is 678. The van der Waals surface area contributed by atoms with E-state index in [-0.39, 0.29) is 5.56 Å². The van der Waals surface area contributed by atoms with E-state index in [1.165, 1.54) is 10.7 Å². The molecule has 0 aliphatic heterocycles. The average molecular weight is 311 g/mol. The molecule has 0 bridgehead atoms. The third-order valence-corrected chi connectivity index (χ3v) is 3.59. The molecular weight excluding hydrogens is 292 g/mol. The van der Waals surface area contributed by atoms with E-state index in [9.17, 15) is 4.79 Å². The van der Waals surface area contributed by atoms with Crippen molar-refractivity contribution in [2.75, 3.05) is 18.4 Å². The number of anilines is 1. The van der Waals surface area contributed by atoms with E-state index >= 15 is 0 Å². The van der Waals surface area contributed by atoms with E-state index in [2.05, 4.69) is 15.5 Å². The Morgan fingerprint density at radius 2 is 2.19 bits per heavy atom. The first-order chi connectivity index (χ1) is 10.1. The molecule has 0 aliphatic carbocycles. The van der Waals surface area contributed by atoms with Crippen LogP contribution in [0.15, 0.2) is 17.1 Å². The maximum Gasteiger partial charge on any atom is 0.269 e. The number of hydrogen-bond donors (Lipinski definition) is 2. The van der Waals surface area contributed by atoms with E-state index in [4.69, 9.17) is 17.3 Å². The van der Waals surface area contributed by atoms with Gasteiger partial charge in [-0.25, -0.2) is 4.68 Å². The Hall–Kier alpha value is -1.86. The second-order valence-electron chi connectivity index (χ2n) is 4.62. The molecular formula is C13H19ClN6O. The van der Waals surface area contributed by atoms with Crippen LogP contribution in [0.2, 0.25) is 5.02 Å². The molecule has 3 N–H and O–H groups in total. The Morgan fingerprint density at radius 3 is 2.81 bits per heavy atom. The molecule has 0 amide bonds. The van der Waals surface area contributed by atoms with E-state index in [0.717, 1.165) is 11.4 Å². The van der Waals surface area contributed by atoms with E-state index < -0.39 is 0 Å². The third kappa shape index (κ3) is 3.43. The normalized spacial score (nSPS) is 10.9.